The molecular formula is C14H32NO2PS. The van der Waals surface area contributed by atoms with Gasteiger partial charge in [0.25, 0.3) is 6.57 Å². The molecule has 0 aromatic heterocycles. The monoisotopic (exact) mass is 309 g/mol. The van der Waals surface area contributed by atoms with Crippen molar-refractivity contribution in [1.29, 1.82) is 0 Å². The summed E-state index contributed by atoms with van der Waals surface area (Å²) in [6.45, 7) is 12.1. The van der Waals surface area contributed by atoms with Gasteiger partial charge in [-0.2, -0.15) is 0 Å². The molecule has 0 saturated carbocycles. The maximum atomic E-state index is 12.6. The summed E-state index contributed by atoms with van der Waals surface area (Å²) >= 11 is 1.54. The standard InChI is InChI=1S/C14H32NO2PS/c1-7-10-17-18(16,11-8-2)19-12-9-15(13(3)4)14(5)6/h13-14H,7-12H2,1-6H3. The highest BCUT2D eigenvalue weighted by atomic mass is 32.7. The van der Waals surface area contributed by atoms with E-state index in [-0.39, 0.29) is 0 Å². The summed E-state index contributed by atoms with van der Waals surface area (Å²) < 4.78 is 18.2. The maximum Gasteiger partial charge on any atom is 0.257 e. The lowest BCUT2D eigenvalue weighted by atomic mass is 10.2. The van der Waals surface area contributed by atoms with Crippen LogP contribution in [0.4, 0.5) is 0 Å². The second-order valence-electron chi connectivity index (χ2n) is 5.43. The Labute approximate surface area is 124 Å². The van der Waals surface area contributed by atoms with E-state index in [9.17, 15) is 4.57 Å². The van der Waals surface area contributed by atoms with Crippen LogP contribution in [0.2, 0.25) is 0 Å². The summed E-state index contributed by atoms with van der Waals surface area (Å²) in [7, 11) is 0. The van der Waals surface area contributed by atoms with Gasteiger partial charge in [0.05, 0.1) is 6.61 Å². The normalized spacial score (nSPS) is 15.4. The van der Waals surface area contributed by atoms with Gasteiger partial charge in [0.1, 0.15) is 0 Å². The molecule has 0 spiro atoms. The van der Waals surface area contributed by atoms with Gasteiger partial charge in [-0.1, -0.05) is 25.2 Å². The molecule has 0 N–H and O–H groups in total. The molecule has 19 heavy (non-hydrogen) atoms. The Morgan fingerprint density at radius 3 is 2.11 bits per heavy atom. The molecule has 0 aliphatic carbocycles. The average molecular weight is 309 g/mol. The second kappa shape index (κ2) is 10.3. The van der Waals surface area contributed by atoms with Crippen molar-refractivity contribution in [3.8, 4) is 0 Å². The number of nitrogens with zero attached hydrogens (tertiary/aromatic N) is 1. The van der Waals surface area contributed by atoms with Crippen LogP contribution in [0.5, 0.6) is 0 Å². The molecule has 0 aromatic rings. The first-order valence-electron chi connectivity index (χ1n) is 7.50. The SMILES string of the molecule is CCCOP(=O)(CCC)SCCN(C(C)C)C(C)C. The Morgan fingerprint density at radius 1 is 1.11 bits per heavy atom. The van der Waals surface area contributed by atoms with Crippen LogP contribution in [0.1, 0.15) is 54.4 Å². The summed E-state index contributed by atoms with van der Waals surface area (Å²) in [6.07, 6.45) is 2.55. The molecule has 0 aliphatic rings. The fourth-order valence-corrected chi connectivity index (χ4v) is 6.44. The molecule has 0 aliphatic heterocycles. The van der Waals surface area contributed by atoms with Crippen molar-refractivity contribution in [2.45, 2.75) is 66.5 Å². The Balaban J connectivity index is 4.28. The number of rotatable bonds is 11. The van der Waals surface area contributed by atoms with Gasteiger partial charge < -0.3 is 4.52 Å². The van der Waals surface area contributed by atoms with E-state index in [0.29, 0.717) is 24.9 Å². The third-order valence-electron chi connectivity index (χ3n) is 2.95. The quantitative estimate of drug-likeness (QED) is 0.509. The minimum Gasteiger partial charge on any atom is -0.321 e. The molecule has 3 nitrogen and oxygen atoms in total. The Kier molecular flexibility index (Phi) is 10.5. The Bertz CT molecular complexity index is 264. The molecule has 0 amide bonds. The molecule has 0 radical (unpaired) electrons. The van der Waals surface area contributed by atoms with Crippen molar-refractivity contribution in [3.63, 3.8) is 0 Å². The third kappa shape index (κ3) is 8.39. The van der Waals surface area contributed by atoms with Gasteiger partial charge in [-0.15, -0.1) is 0 Å². The van der Waals surface area contributed by atoms with E-state index >= 15 is 0 Å². The fourth-order valence-electron chi connectivity index (χ4n) is 2.07. The highest BCUT2D eigenvalue weighted by Crippen LogP contribution is 2.59. The molecule has 116 valence electrons. The summed E-state index contributed by atoms with van der Waals surface area (Å²) in [4.78, 5) is 2.43. The lowest BCUT2D eigenvalue weighted by Crippen LogP contribution is -2.38. The summed E-state index contributed by atoms with van der Waals surface area (Å²) in [5, 5.41) is 0. The smallest absolute Gasteiger partial charge is 0.257 e. The van der Waals surface area contributed by atoms with E-state index in [0.717, 1.165) is 25.1 Å². The zero-order valence-corrected chi connectivity index (χ0v) is 15.2. The summed E-state index contributed by atoms with van der Waals surface area (Å²) in [5.41, 5.74) is 0. The topological polar surface area (TPSA) is 29.5 Å². The molecular weight excluding hydrogens is 277 g/mol. The van der Waals surface area contributed by atoms with Crippen LogP contribution in [0.3, 0.4) is 0 Å². The van der Waals surface area contributed by atoms with Gasteiger partial charge in [-0.25, -0.2) is 0 Å². The number of hydrogen-bond acceptors (Lipinski definition) is 4. The third-order valence-corrected chi connectivity index (χ3v) is 7.87. The largest absolute Gasteiger partial charge is 0.321 e. The predicted molar refractivity (Wildman–Crippen MR) is 88.4 cm³/mol. The van der Waals surface area contributed by atoms with Crippen LogP contribution in [0, 0.1) is 0 Å². The zero-order chi connectivity index (χ0) is 14.9. The predicted octanol–water partition coefficient (Wildman–Crippen LogP) is 4.87. The van der Waals surface area contributed by atoms with Crippen molar-refractivity contribution in [2.75, 3.05) is 25.1 Å². The molecule has 0 bridgehead atoms. The van der Waals surface area contributed by atoms with Gasteiger partial charge in [0.2, 0.25) is 0 Å². The van der Waals surface area contributed by atoms with Crippen molar-refractivity contribution >= 4 is 18.0 Å². The van der Waals surface area contributed by atoms with Gasteiger partial charge in [0, 0.05) is 30.5 Å². The van der Waals surface area contributed by atoms with Crippen molar-refractivity contribution in [1.82, 2.24) is 4.90 Å². The zero-order valence-electron chi connectivity index (χ0n) is 13.5. The van der Waals surface area contributed by atoms with E-state index in [2.05, 4.69) is 46.4 Å². The fraction of sp³-hybridized carbons (Fsp3) is 1.00. The molecule has 1 atom stereocenters. The molecule has 0 aromatic carbocycles. The lowest BCUT2D eigenvalue weighted by molar-refractivity contribution is 0.187. The van der Waals surface area contributed by atoms with Crippen molar-refractivity contribution in [3.05, 3.63) is 0 Å². The Hall–Kier alpha value is 0.500. The van der Waals surface area contributed by atoms with Gasteiger partial charge in [-0.3, -0.25) is 9.46 Å². The molecule has 1 unspecified atom stereocenters. The highest BCUT2D eigenvalue weighted by Gasteiger charge is 2.23. The Morgan fingerprint density at radius 2 is 1.68 bits per heavy atom. The lowest BCUT2D eigenvalue weighted by Gasteiger charge is -2.30. The molecule has 0 fully saturated rings. The van der Waals surface area contributed by atoms with E-state index in [1.165, 1.54) is 0 Å². The first-order valence-corrected chi connectivity index (χ1v) is 10.9. The summed E-state index contributed by atoms with van der Waals surface area (Å²) in [5.74, 6) is 0.886. The van der Waals surface area contributed by atoms with E-state index in [1.54, 1.807) is 11.4 Å². The van der Waals surface area contributed by atoms with Crippen molar-refractivity contribution in [2.24, 2.45) is 0 Å². The number of hydrogen-bond donors (Lipinski definition) is 0. The summed E-state index contributed by atoms with van der Waals surface area (Å²) in [6, 6.07) is 1.06. The highest BCUT2D eigenvalue weighted by molar-refractivity contribution is 8.56. The minimum atomic E-state index is -2.46. The first-order chi connectivity index (χ1) is 8.86. The van der Waals surface area contributed by atoms with Crippen LogP contribution in [-0.4, -0.2) is 42.0 Å². The van der Waals surface area contributed by atoms with E-state index < -0.39 is 6.57 Å². The molecule has 0 heterocycles. The minimum absolute atomic E-state index is 0.530. The van der Waals surface area contributed by atoms with Crippen molar-refractivity contribution < 1.29 is 9.09 Å². The molecule has 0 rings (SSSR count). The second-order valence-corrected chi connectivity index (χ2v) is 10.5. The van der Waals surface area contributed by atoms with Gasteiger partial charge in [-0.05, 0) is 40.5 Å². The van der Waals surface area contributed by atoms with Gasteiger partial charge >= 0.3 is 0 Å². The van der Waals surface area contributed by atoms with Crippen LogP contribution < -0.4 is 0 Å². The van der Waals surface area contributed by atoms with Gasteiger partial charge in [0.15, 0.2) is 0 Å². The van der Waals surface area contributed by atoms with Crippen LogP contribution in [-0.2, 0) is 9.09 Å². The van der Waals surface area contributed by atoms with Crippen LogP contribution >= 0.6 is 18.0 Å². The molecule has 0 saturated heterocycles. The van der Waals surface area contributed by atoms with E-state index in [4.69, 9.17) is 4.52 Å². The average Bonchev–Trinajstić information content (AvgIpc) is 2.31. The van der Waals surface area contributed by atoms with Crippen LogP contribution in [0.25, 0.3) is 0 Å². The van der Waals surface area contributed by atoms with E-state index in [1.807, 2.05) is 0 Å². The molecule has 5 heteroatoms. The van der Waals surface area contributed by atoms with Crippen LogP contribution in [0.15, 0.2) is 0 Å². The maximum absolute atomic E-state index is 12.6. The first kappa shape index (κ1) is 19.5.